The molecule has 2 rings (SSSR count). The van der Waals surface area contributed by atoms with Gasteiger partial charge in [-0.3, -0.25) is 0 Å². The van der Waals surface area contributed by atoms with E-state index in [4.69, 9.17) is 0 Å². The normalized spacial score (nSPS) is 10.0. The Kier molecular flexibility index (Phi) is 30.3. The van der Waals surface area contributed by atoms with Crippen LogP contribution in [-0.4, -0.2) is 42.3 Å². The third-order valence-corrected chi connectivity index (χ3v) is 4.30. The number of allylic oxidation sites excluding steroid dienone is 5. The molecule has 0 aliphatic rings. The maximum atomic E-state index is 3.50. The Balaban J connectivity index is -0.000000501. The van der Waals surface area contributed by atoms with E-state index >= 15 is 0 Å². The summed E-state index contributed by atoms with van der Waals surface area (Å²) in [7, 11) is 10.5. The Morgan fingerprint density at radius 3 is 1.09 bits per heavy atom. The average molecular weight is 510 g/mol. The fraction of sp³-hybridized carbons (Fsp3) is 0.355. The molecule has 0 spiro atoms. The molecule has 0 aromatic heterocycles. The van der Waals surface area contributed by atoms with Crippen molar-refractivity contribution in [1.82, 2.24) is 0 Å². The minimum Gasteiger partial charge on any atom is -0.668 e. The Hall–Kier alpha value is -2.01. The first-order chi connectivity index (χ1) is 16.6. The van der Waals surface area contributed by atoms with Crippen LogP contribution in [0.5, 0.6) is 0 Å². The van der Waals surface area contributed by atoms with Crippen LogP contribution in [-0.2, 0) is 20.4 Å². The van der Waals surface area contributed by atoms with Crippen molar-refractivity contribution in [3.63, 3.8) is 0 Å². The van der Waals surface area contributed by atoms with Crippen LogP contribution in [0.15, 0.2) is 82.3 Å². The second kappa shape index (κ2) is 28.2. The van der Waals surface area contributed by atoms with Gasteiger partial charge in [-0.25, -0.2) is 0 Å². The van der Waals surface area contributed by atoms with E-state index in [-0.39, 0.29) is 0 Å². The minimum absolute atomic E-state index is 1.23. The third-order valence-electron chi connectivity index (χ3n) is 3.59. The molecule has 0 fully saturated rings. The number of hydrogen-bond acceptors (Lipinski definition) is 0. The van der Waals surface area contributed by atoms with Crippen molar-refractivity contribution in [3.8, 4) is 0 Å². The molecule has 0 N–H and O–H groups in total. The molecule has 0 aliphatic heterocycles. The number of aryl methyl sites for hydroxylation is 2. The monoisotopic (exact) mass is 509 g/mol. The van der Waals surface area contributed by atoms with Crippen molar-refractivity contribution in [1.29, 1.82) is 0 Å². The first-order valence-electron chi connectivity index (χ1n) is 11.6. The number of rotatable bonds is 4. The molecule has 0 saturated carbocycles. The Morgan fingerprint density at radius 1 is 0.600 bits per heavy atom. The van der Waals surface area contributed by atoms with E-state index in [9.17, 15) is 0 Å². The summed E-state index contributed by atoms with van der Waals surface area (Å²) >= 11 is 2.05. The van der Waals surface area contributed by atoms with E-state index < -0.39 is 0 Å². The summed E-state index contributed by atoms with van der Waals surface area (Å²) in [6.07, 6.45) is 10.5. The van der Waals surface area contributed by atoms with Crippen LogP contribution in [0.4, 0.5) is 0 Å². The summed E-state index contributed by atoms with van der Waals surface area (Å²) < 4.78 is 2.10. The van der Waals surface area contributed by atoms with Gasteiger partial charge in [-0.1, -0.05) is 84.0 Å². The Bertz CT molecular complexity index is 768. The van der Waals surface area contributed by atoms with Crippen LogP contribution >= 0.6 is 0 Å². The fourth-order valence-corrected chi connectivity index (χ4v) is 2.32. The second-order valence-electron chi connectivity index (χ2n) is 7.99. The molecule has 190 valence electrons. The van der Waals surface area contributed by atoms with Crippen LogP contribution in [0, 0.1) is 13.8 Å². The zero-order valence-electron chi connectivity index (χ0n) is 23.9. The van der Waals surface area contributed by atoms with E-state index in [0.29, 0.717) is 0 Å². The van der Waals surface area contributed by atoms with E-state index in [2.05, 4.69) is 154 Å². The SMILES string of the molecule is CC(C)=CC(C)=[CH][Ti+3].C[N-]C.C[N-]C.C[N-]C.Cc1ccc(C=CC=Cc2ccc(C)cc2)cc1. The zero-order chi connectivity index (χ0) is 27.5. The van der Waals surface area contributed by atoms with Gasteiger partial charge in [0.1, 0.15) is 0 Å². The van der Waals surface area contributed by atoms with Crippen LogP contribution in [0.25, 0.3) is 28.1 Å². The third kappa shape index (κ3) is 30.0. The van der Waals surface area contributed by atoms with Gasteiger partial charge in [0.15, 0.2) is 0 Å². The summed E-state index contributed by atoms with van der Waals surface area (Å²) in [6.45, 7) is 10.5. The molecule has 2 aromatic carbocycles. The molecule has 0 heterocycles. The van der Waals surface area contributed by atoms with Crippen LogP contribution in [0.1, 0.15) is 43.0 Å². The van der Waals surface area contributed by atoms with Crippen LogP contribution in [0.2, 0.25) is 0 Å². The van der Waals surface area contributed by atoms with Gasteiger partial charge in [-0.05, 0) is 25.0 Å². The van der Waals surface area contributed by atoms with Gasteiger partial charge in [0.05, 0.1) is 0 Å². The van der Waals surface area contributed by atoms with Crippen molar-refractivity contribution in [2.24, 2.45) is 0 Å². The standard InChI is InChI=1S/C18H18.C7H11.3C2H6N.Ti/c1-15-7-11-17(12-8-15)5-3-4-6-18-13-9-16(2)10-14-18;1-6(2)5-7(3)4;3*1-3-2;/h3-14H,1-2H3;1,5H,2-4H3;3*1-2H3;/q;;3*-1;+3. The van der Waals surface area contributed by atoms with Crippen molar-refractivity contribution in [2.75, 3.05) is 42.3 Å². The predicted molar refractivity (Wildman–Crippen MR) is 159 cm³/mol. The summed E-state index contributed by atoms with van der Waals surface area (Å²) in [5, 5.41) is 10.5. The predicted octanol–water partition coefficient (Wildman–Crippen LogP) is 9.29. The van der Waals surface area contributed by atoms with Crippen molar-refractivity contribution < 1.29 is 20.4 Å². The van der Waals surface area contributed by atoms with Gasteiger partial charge in [-0.2, -0.15) is 42.3 Å². The molecule has 0 atom stereocenters. The van der Waals surface area contributed by atoms with E-state index in [0.717, 1.165) is 0 Å². The largest absolute Gasteiger partial charge is 0.668 e. The minimum atomic E-state index is 1.23. The molecule has 0 saturated heterocycles. The van der Waals surface area contributed by atoms with Crippen molar-refractivity contribution in [3.05, 3.63) is 120 Å². The smallest absolute Gasteiger partial charge is 0.0256 e. The molecule has 0 aliphatic carbocycles. The van der Waals surface area contributed by atoms with E-state index in [1.165, 1.54) is 33.4 Å². The maximum absolute atomic E-state index is 3.50. The molecule has 2 aromatic rings. The van der Waals surface area contributed by atoms with Gasteiger partial charge in [0, 0.05) is 0 Å². The topological polar surface area (TPSA) is 42.3 Å². The molecule has 4 heteroatoms. The van der Waals surface area contributed by atoms with Crippen LogP contribution < -0.4 is 0 Å². The van der Waals surface area contributed by atoms with Gasteiger partial charge in [0.25, 0.3) is 0 Å². The second-order valence-corrected chi connectivity index (χ2v) is 8.44. The van der Waals surface area contributed by atoms with E-state index in [1.54, 1.807) is 42.3 Å². The maximum Gasteiger partial charge on any atom is -0.0256 e. The average Bonchev–Trinajstić information content (AvgIpc) is 2.81. The zero-order valence-corrected chi connectivity index (χ0v) is 25.5. The first kappa shape index (κ1) is 37.5. The van der Waals surface area contributed by atoms with Crippen LogP contribution in [0.3, 0.4) is 0 Å². The summed E-state index contributed by atoms with van der Waals surface area (Å²) in [4.78, 5) is 0. The van der Waals surface area contributed by atoms with Gasteiger partial charge < -0.3 is 16.0 Å². The van der Waals surface area contributed by atoms with Crippen molar-refractivity contribution in [2.45, 2.75) is 34.6 Å². The molecule has 0 bridgehead atoms. The van der Waals surface area contributed by atoms with Gasteiger partial charge >= 0.3 is 62.8 Å². The molecule has 0 amide bonds. The molecule has 35 heavy (non-hydrogen) atoms. The van der Waals surface area contributed by atoms with Gasteiger partial charge in [0.2, 0.25) is 0 Å². The first-order valence-corrected chi connectivity index (χ1v) is 12.5. The summed E-state index contributed by atoms with van der Waals surface area (Å²) in [5.41, 5.74) is 7.75. The van der Waals surface area contributed by atoms with E-state index in [1.807, 2.05) is 0 Å². The summed E-state index contributed by atoms with van der Waals surface area (Å²) in [6, 6.07) is 17.0. The Morgan fingerprint density at radius 2 is 0.886 bits per heavy atom. The molecular weight excluding hydrogens is 462 g/mol. The quantitative estimate of drug-likeness (QED) is 0.291. The fourth-order valence-electron chi connectivity index (χ4n) is 2.19. The number of hydrogen-bond donors (Lipinski definition) is 0. The molecule has 0 radical (unpaired) electrons. The van der Waals surface area contributed by atoms with Crippen molar-refractivity contribution >= 4 is 12.2 Å². The molecule has 3 nitrogen and oxygen atoms in total. The molecule has 0 unspecified atom stereocenters. The molecular formula is C31H47N3Ti. The van der Waals surface area contributed by atoms with Gasteiger partial charge in [-0.15, -0.1) is 0 Å². The number of nitrogens with zero attached hydrogens (tertiary/aromatic N) is 3. The number of benzene rings is 2. The Labute approximate surface area is 229 Å². The summed E-state index contributed by atoms with van der Waals surface area (Å²) in [5.74, 6) is 0.